The van der Waals surface area contributed by atoms with Crippen molar-refractivity contribution in [1.82, 2.24) is 5.32 Å². The molecular weight excluding hydrogens is 755 g/mol. The molecule has 3 N–H and O–H groups in total. The minimum absolute atomic E-state index is 0.0882. The molecule has 0 aromatic heterocycles. The zero-order valence-electron chi connectivity index (χ0n) is 41.6. The van der Waals surface area contributed by atoms with Crippen molar-refractivity contribution in [2.24, 2.45) is 0 Å². The van der Waals surface area contributed by atoms with Gasteiger partial charge in [-0.05, 0) is 25.7 Å². The number of ether oxygens (including phenoxy) is 1. The van der Waals surface area contributed by atoms with Gasteiger partial charge in [-0.1, -0.05) is 278 Å². The lowest BCUT2D eigenvalue weighted by atomic mass is 10.0. The van der Waals surface area contributed by atoms with Crippen LogP contribution >= 0.6 is 0 Å². The van der Waals surface area contributed by atoms with E-state index in [0.29, 0.717) is 19.3 Å². The largest absolute Gasteiger partial charge is 0.462 e. The number of aliphatic hydroxyl groups is 2. The van der Waals surface area contributed by atoms with Crippen LogP contribution in [0.5, 0.6) is 0 Å². The molecule has 0 aromatic rings. The molecular formula is C55H109NO5. The highest BCUT2D eigenvalue weighted by Crippen LogP contribution is 2.19. The molecule has 6 nitrogen and oxygen atoms in total. The summed E-state index contributed by atoms with van der Waals surface area (Å²) in [6.07, 6.45) is 54.5. The van der Waals surface area contributed by atoms with Gasteiger partial charge in [0.2, 0.25) is 5.91 Å². The van der Waals surface area contributed by atoms with E-state index < -0.39 is 18.2 Å². The summed E-state index contributed by atoms with van der Waals surface area (Å²) in [4.78, 5) is 26.2. The Balaban J connectivity index is 4.48. The van der Waals surface area contributed by atoms with Crippen molar-refractivity contribution in [2.75, 3.05) is 6.61 Å². The topological polar surface area (TPSA) is 95.9 Å². The van der Waals surface area contributed by atoms with E-state index in [0.717, 1.165) is 38.5 Å². The molecule has 0 rings (SSSR count). The second kappa shape index (κ2) is 49.9. The number of hydrogen-bond donors (Lipinski definition) is 3. The number of hydrogen-bond acceptors (Lipinski definition) is 5. The van der Waals surface area contributed by atoms with Crippen molar-refractivity contribution >= 4 is 11.9 Å². The summed E-state index contributed by atoms with van der Waals surface area (Å²) in [5.41, 5.74) is 0. The van der Waals surface area contributed by atoms with E-state index in [9.17, 15) is 19.8 Å². The monoisotopic (exact) mass is 864 g/mol. The Bertz CT molecular complexity index is 882. The first-order valence-corrected chi connectivity index (χ1v) is 27.8. The fraction of sp³-hybridized carbons (Fsp3) is 0.964. The van der Waals surface area contributed by atoms with Gasteiger partial charge in [-0.25, -0.2) is 0 Å². The van der Waals surface area contributed by atoms with Crippen LogP contribution < -0.4 is 5.32 Å². The Morgan fingerprint density at radius 1 is 0.410 bits per heavy atom. The molecule has 1 amide bonds. The standard InChI is InChI=1S/C55H109NO5/c1-4-7-10-13-16-19-22-25-27-30-33-36-39-42-45-48-55(60)61-51(46-43-40-37-34-31-28-24-21-18-15-12-9-6-3)49-54(59)56-52(50-57)53(58)47-44-41-38-35-32-29-26-23-20-17-14-11-8-5-2/h51-53,57-58H,4-50H2,1-3H3,(H,56,59). The van der Waals surface area contributed by atoms with Crippen LogP contribution in [0, 0.1) is 0 Å². The highest BCUT2D eigenvalue weighted by atomic mass is 16.5. The lowest BCUT2D eigenvalue weighted by Crippen LogP contribution is -2.46. The minimum Gasteiger partial charge on any atom is -0.462 e. The molecule has 0 aliphatic carbocycles. The maximum absolute atomic E-state index is 13.2. The van der Waals surface area contributed by atoms with E-state index in [1.54, 1.807) is 0 Å². The Labute approximate surface area is 381 Å². The van der Waals surface area contributed by atoms with Gasteiger partial charge in [-0.3, -0.25) is 9.59 Å². The molecule has 364 valence electrons. The van der Waals surface area contributed by atoms with Gasteiger partial charge in [0, 0.05) is 6.42 Å². The fourth-order valence-electron chi connectivity index (χ4n) is 8.96. The number of unbranched alkanes of at least 4 members (excludes halogenated alkanes) is 39. The number of esters is 1. The fourth-order valence-corrected chi connectivity index (χ4v) is 8.96. The number of nitrogens with one attached hydrogen (secondary N) is 1. The molecule has 0 saturated carbocycles. The molecule has 0 radical (unpaired) electrons. The molecule has 0 aromatic carbocycles. The van der Waals surface area contributed by atoms with Crippen molar-refractivity contribution < 1.29 is 24.5 Å². The number of amides is 1. The third kappa shape index (κ3) is 45.2. The van der Waals surface area contributed by atoms with Gasteiger partial charge in [0.15, 0.2) is 0 Å². The molecule has 0 aliphatic heterocycles. The predicted molar refractivity (Wildman–Crippen MR) is 264 cm³/mol. The number of carbonyl (C=O) groups is 2. The molecule has 3 atom stereocenters. The summed E-state index contributed by atoms with van der Waals surface area (Å²) in [5.74, 6) is -0.447. The Hall–Kier alpha value is -1.14. The van der Waals surface area contributed by atoms with Crippen LogP contribution in [0.1, 0.15) is 316 Å². The first-order chi connectivity index (χ1) is 30.0. The van der Waals surface area contributed by atoms with Crippen LogP contribution in [0.4, 0.5) is 0 Å². The summed E-state index contributed by atoms with van der Waals surface area (Å²) < 4.78 is 5.96. The van der Waals surface area contributed by atoms with Crippen LogP contribution in [-0.2, 0) is 14.3 Å². The zero-order chi connectivity index (χ0) is 44.5. The molecule has 0 heterocycles. The molecule has 0 fully saturated rings. The Kier molecular flexibility index (Phi) is 48.9. The average Bonchev–Trinajstić information content (AvgIpc) is 3.25. The van der Waals surface area contributed by atoms with Crippen LogP contribution in [0.15, 0.2) is 0 Å². The van der Waals surface area contributed by atoms with Gasteiger partial charge < -0.3 is 20.3 Å². The van der Waals surface area contributed by atoms with E-state index in [-0.39, 0.29) is 24.9 Å². The first kappa shape index (κ1) is 59.9. The maximum Gasteiger partial charge on any atom is 0.306 e. The number of aliphatic hydroxyl groups excluding tert-OH is 2. The molecule has 0 saturated heterocycles. The number of rotatable bonds is 51. The smallest absolute Gasteiger partial charge is 0.306 e. The quantitative estimate of drug-likeness (QED) is 0.0418. The highest BCUT2D eigenvalue weighted by Gasteiger charge is 2.24. The molecule has 3 unspecified atom stereocenters. The Morgan fingerprint density at radius 2 is 0.689 bits per heavy atom. The summed E-state index contributed by atoms with van der Waals surface area (Å²) in [5, 5.41) is 23.8. The molecule has 0 bridgehead atoms. The van der Waals surface area contributed by atoms with E-state index in [1.165, 1.54) is 231 Å². The first-order valence-electron chi connectivity index (χ1n) is 27.8. The lowest BCUT2D eigenvalue weighted by Gasteiger charge is -2.24. The summed E-state index contributed by atoms with van der Waals surface area (Å²) >= 11 is 0. The molecule has 0 aliphatic rings. The minimum atomic E-state index is -0.779. The van der Waals surface area contributed by atoms with Gasteiger partial charge in [0.25, 0.3) is 0 Å². The van der Waals surface area contributed by atoms with Gasteiger partial charge in [-0.15, -0.1) is 0 Å². The van der Waals surface area contributed by atoms with Crippen molar-refractivity contribution in [2.45, 2.75) is 334 Å². The molecule has 61 heavy (non-hydrogen) atoms. The normalized spacial score (nSPS) is 13.1. The summed E-state index contributed by atoms with van der Waals surface area (Å²) in [7, 11) is 0. The van der Waals surface area contributed by atoms with E-state index in [1.807, 2.05) is 0 Å². The SMILES string of the molecule is CCCCCCCCCCCCCCCCCC(=O)OC(CCCCCCCCCCCCCCC)CC(=O)NC(CO)C(O)CCCCCCCCCCCCCCCC. The zero-order valence-corrected chi connectivity index (χ0v) is 41.6. The summed E-state index contributed by atoms with van der Waals surface area (Å²) in [6.45, 7) is 6.53. The van der Waals surface area contributed by atoms with E-state index in [4.69, 9.17) is 4.74 Å². The molecule has 6 heteroatoms. The predicted octanol–water partition coefficient (Wildman–Crippen LogP) is 16.7. The van der Waals surface area contributed by atoms with Crippen LogP contribution in [0.2, 0.25) is 0 Å². The van der Waals surface area contributed by atoms with E-state index in [2.05, 4.69) is 26.1 Å². The Morgan fingerprint density at radius 3 is 1.00 bits per heavy atom. The van der Waals surface area contributed by atoms with Crippen LogP contribution in [-0.4, -0.2) is 46.9 Å². The van der Waals surface area contributed by atoms with Crippen LogP contribution in [0.3, 0.4) is 0 Å². The average molecular weight is 864 g/mol. The molecule has 0 spiro atoms. The van der Waals surface area contributed by atoms with Gasteiger partial charge in [0.1, 0.15) is 6.10 Å². The lowest BCUT2D eigenvalue weighted by molar-refractivity contribution is -0.151. The number of carbonyl (C=O) groups excluding carboxylic acids is 2. The van der Waals surface area contributed by atoms with Gasteiger partial charge >= 0.3 is 5.97 Å². The van der Waals surface area contributed by atoms with E-state index >= 15 is 0 Å². The van der Waals surface area contributed by atoms with Crippen LogP contribution in [0.25, 0.3) is 0 Å². The van der Waals surface area contributed by atoms with Gasteiger partial charge in [-0.2, -0.15) is 0 Å². The summed E-state index contributed by atoms with van der Waals surface area (Å²) in [6, 6.07) is -0.692. The van der Waals surface area contributed by atoms with Crippen molar-refractivity contribution in [3.05, 3.63) is 0 Å². The second-order valence-electron chi connectivity index (χ2n) is 19.4. The van der Waals surface area contributed by atoms with Crippen molar-refractivity contribution in [3.8, 4) is 0 Å². The van der Waals surface area contributed by atoms with Gasteiger partial charge in [0.05, 0.1) is 25.2 Å². The second-order valence-corrected chi connectivity index (χ2v) is 19.4. The highest BCUT2D eigenvalue weighted by molar-refractivity contribution is 5.77. The third-order valence-corrected chi connectivity index (χ3v) is 13.2. The third-order valence-electron chi connectivity index (χ3n) is 13.2. The maximum atomic E-state index is 13.2. The van der Waals surface area contributed by atoms with Crippen molar-refractivity contribution in [1.29, 1.82) is 0 Å². The van der Waals surface area contributed by atoms with Crippen molar-refractivity contribution in [3.63, 3.8) is 0 Å².